The van der Waals surface area contributed by atoms with E-state index >= 15 is 0 Å². The lowest BCUT2D eigenvalue weighted by atomic mass is 10.1. The predicted octanol–water partition coefficient (Wildman–Crippen LogP) is 3.69. The van der Waals surface area contributed by atoms with Gasteiger partial charge in [-0.05, 0) is 30.7 Å². The summed E-state index contributed by atoms with van der Waals surface area (Å²) in [5.74, 6) is 1.23. The van der Waals surface area contributed by atoms with Crippen LogP contribution < -0.4 is 14.8 Å². The molecule has 0 spiro atoms. The number of benzene rings is 1. The van der Waals surface area contributed by atoms with Crippen LogP contribution >= 0.6 is 0 Å². The maximum atomic E-state index is 12.2. The molecule has 1 aromatic carbocycles. The first kappa shape index (κ1) is 16.5. The Labute approximate surface area is 136 Å². The normalized spacial score (nSPS) is 11.0. The molecule has 0 radical (unpaired) electrons. The van der Waals surface area contributed by atoms with Crippen molar-refractivity contribution in [1.82, 2.24) is 4.98 Å². The van der Waals surface area contributed by atoms with E-state index in [1.165, 1.54) is 0 Å². The SMILES string of the molecule is CC/C(=C/C(=O)c1ccncc1)Nc1ccc(OC)c(OC)c1. The Morgan fingerprint density at radius 2 is 1.83 bits per heavy atom. The number of rotatable bonds is 7. The second kappa shape index (κ2) is 7.98. The molecule has 2 aromatic rings. The van der Waals surface area contributed by atoms with Crippen LogP contribution in [0.3, 0.4) is 0 Å². The summed E-state index contributed by atoms with van der Waals surface area (Å²) < 4.78 is 10.5. The molecule has 0 saturated carbocycles. The molecule has 1 N–H and O–H groups in total. The number of anilines is 1. The van der Waals surface area contributed by atoms with Crippen LogP contribution in [0, 0.1) is 0 Å². The highest BCUT2D eigenvalue weighted by Crippen LogP contribution is 2.30. The molecule has 0 aliphatic heterocycles. The zero-order valence-corrected chi connectivity index (χ0v) is 13.5. The second-order valence-corrected chi connectivity index (χ2v) is 4.82. The molecule has 1 aromatic heterocycles. The third kappa shape index (κ3) is 4.32. The Morgan fingerprint density at radius 3 is 2.43 bits per heavy atom. The van der Waals surface area contributed by atoms with Crippen LogP contribution in [0.1, 0.15) is 23.7 Å². The highest BCUT2D eigenvalue weighted by Gasteiger charge is 2.07. The Bertz CT molecular complexity index is 697. The van der Waals surface area contributed by atoms with E-state index in [4.69, 9.17) is 9.47 Å². The lowest BCUT2D eigenvalue weighted by molar-refractivity contribution is 0.104. The third-order valence-electron chi connectivity index (χ3n) is 3.34. The van der Waals surface area contributed by atoms with Crippen molar-refractivity contribution < 1.29 is 14.3 Å². The molecule has 2 rings (SSSR count). The van der Waals surface area contributed by atoms with Gasteiger partial charge in [0.2, 0.25) is 0 Å². The quantitative estimate of drug-likeness (QED) is 0.624. The van der Waals surface area contributed by atoms with E-state index in [0.29, 0.717) is 23.5 Å². The Kier molecular flexibility index (Phi) is 5.74. The molecule has 0 atom stereocenters. The van der Waals surface area contributed by atoms with Gasteiger partial charge in [0.1, 0.15) is 0 Å². The Hall–Kier alpha value is -2.82. The van der Waals surface area contributed by atoms with Crippen molar-refractivity contribution in [2.24, 2.45) is 0 Å². The van der Waals surface area contributed by atoms with Crippen LogP contribution in [0.15, 0.2) is 54.5 Å². The highest BCUT2D eigenvalue weighted by molar-refractivity contribution is 6.05. The summed E-state index contributed by atoms with van der Waals surface area (Å²) >= 11 is 0. The third-order valence-corrected chi connectivity index (χ3v) is 3.34. The fourth-order valence-electron chi connectivity index (χ4n) is 2.08. The van der Waals surface area contributed by atoms with Crippen LogP contribution in [0.25, 0.3) is 0 Å². The van der Waals surface area contributed by atoms with Crippen LogP contribution in [0.5, 0.6) is 11.5 Å². The van der Waals surface area contributed by atoms with E-state index in [1.54, 1.807) is 44.8 Å². The largest absolute Gasteiger partial charge is 0.493 e. The number of hydrogen-bond acceptors (Lipinski definition) is 5. The lowest BCUT2D eigenvalue weighted by Crippen LogP contribution is -2.04. The summed E-state index contributed by atoms with van der Waals surface area (Å²) in [6.07, 6.45) is 5.51. The number of carbonyl (C=O) groups excluding carboxylic acids is 1. The van der Waals surface area contributed by atoms with E-state index < -0.39 is 0 Å². The summed E-state index contributed by atoms with van der Waals surface area (Å²) in [5.41, 5.74) is 2.26. The number of ketones is 1. The monoisotopic (exact) mass is 312 g/mol. The van der Waals surface area contributed by atoms with E-state index in [-0.39, 0.29) is 5.78 Å². The van der Waals surface area contributed by atoms with Gasteiger partial charge in [-0.1, -0.05) is 6.92 Å². The first-order valence-corrected chi connectivity index (χ1v) is 7.32. The van der Waals surface area contributed by atoms with Crippen molar-refractivity contribution >= 4 is 11.5 Å². The zero-order chi connectivity index (χ0) is 16.7. The van der Waals surface area contributed by atoms with Crippen molar-refractivity contribution in [2.75, 3.05) is 19.5 Å². The molecule has 0 aliphatic rings. The number of ether oxygens (including phenoxy) is 2. The molecular formula is C18H20N2O3. The summed E-state index contributed by atoms with van der Waals surface area (Å²) in [6.45, 7) is 1.99. The standard InChI is InChI=1S/C18H20N2O3/c1-4-14(11-16(21)13-7-9-19-10-8-13)20-15-5-6-17(22-2)18(12-15)23-3/h5-12,20H,4H2,1-3H3/b14-11-. The van der Waals surface area contributed by atoms with Crippen molar-refractivity contribution in [2.45, 2.75) is 13.3 Å². The number of aromatic nitrogens is 1. The maximum absolute atomic E-state index is 12.2. The number of carbonyl (C=O) groups is 1. The fraction of sp³-hybridized carbons (Fsp3) is 0.222. The van der Waals surface area contributed by atoms with Gasteiger partial charge >= 0.3 is 0 Å². The first-order chi connectivity index (χ1) is 11.2. The van der Waals surface area contributed by atoms with Crippen molar-refractivity contribution in [3.8, 4) is 11.5 Å². The zero-order valence-electron chi connectivity index (χ0n) is 13.5. The Balaban J connectivity index is 2.19. The summed E-state index contributed by atoms with van der Waals surface area (Å²) in [5, 5.41) is 3.24. The number of nitrogens with one attached hydrogen (secondary N) is 1. The smallest absolute Gasteiger partial charge is 0.187 e. The van der Waals surface area contributed by atoms with Gasteiger partial charge in [-0.2, -0.15) is 0 Å². The second-order valence-electron chi connectivity index (χ2n) is 4.82. The van der Waals surface area contributed by atoms with Crippen LogP contribution in [-0.2, 0) is 0 Å². The summed E-state index contributed by atoms with van der Waals surface area (Å²) in [4.78, 5) is 16.2. The predicted molar refractivity (Wildman–Crippen MR) is 90.1 cm³/mol. The maximum Gasteiger partial charge on any atom is 0.187 e. The minimum absolute atomic E-state index is 0.0581. The molecule has 0 aliphatic carbocycles. The molecule has 1 heterocycles. The van der Waals surface area contributed by atoms with Gasteiger partial charge in [-0.25, -0.2) is 0 Å². The molecular weight excluding hydrogens is 292 g/mol. The first-order valence-electron chi connectivity index (χ1n) is 7.32. The van der Waals surface area contributed by atoms with Gasteiger partial charge in [0.05, 0.1) is 14.2 Å². The van der Waals surface area contributed by atoms with Crippen molar-refractivity contribution in [1.29, 1.82) is 0 Å². The topological polar surface area (TPSA) is 60.5 Å². The van der Waals surface area contributed by atoms with Crippen LogP contribution in [-0.4, -0.2) is 25.0 Å². The Morgan fingerprint density at radius 1 is 1.13 bits per heavy atom. The molecule has 0 fully saturated rings. The molecule has 0 saturated heterocycles. The minimum atomic E-state index is -0.0581. The summed E-state index contributed by atoms with van der Waals surface area (Å²) in [6, 6.07) is 8.92. The molecule has 0 amide bonds. The van der Waals surface area contributed by atoms with Gasteiger partial charge in [-0.3, -0.25) is 9.78 Å². The lowest BCUT2D eigenvalue weighted by Gasteiger charge is -2.12. The van der Waals surface area contributed by atoms with Crippen LogP contribution in [0.2, 0.25) is 0 Å². The minimum Gasteiger partial charge on any atom is -0.493 e. The van der Waals surface area contributed by atoms with Gasteiger partial charge in [0.25, 0.3) is 0 Å². The molecule has 120 valence electrons. The summed E-state index contributed by atoms with van der Waals surface area (Å²) in [7, 11) is 3.18. The number of pyridine rings is 1. The number of allylic oxidation sites excluding steroid dienone is 2. The van der Waals surface area contributed by atoms with Crippen molar-refractivity contribution in [3.05, 3.63) is 60.1 Å². The molecule has 0 unspecified atom stereocenters. The van der Waals surface area contributed by atoms with E-state index in [1.807, 2.05) is 25.1 Å². The van der Waals surface area contributed by atoms with Crippen molar-refractivity contribution in [3.63, 3.8) is 0 Å². The number of hydrogen-bond donors (Lipinski definition) is 1. The molecule has 5 heteroatoms. The average Bonchev–Trinajstić information content (AvgIpc) is 2.61. The van der Waals surface area contributed by atoms with E-state index in [9.17, 15) is 4.79 Å². The molecule has 0 bridgehead atoms. The van der Waals surface area contributed by atoms with Gasteiger partial charge < -0.3 is 14.8 Å². The van der Waals surface area contributed by atoms with E-state index in [2.05, 4.69) is 10.3 Å². The van der Waals surface area contributed by atoms with Crippen LogP contribution in [0.4, 0.5) is 5.69 Å². The highest BCUT2D eigenvalue weighted by atomic mass is 16.5. The van der Waals surface area contributed by atoms with Gasteiger partial charge in [0.15, 0.2) is 17.3 Å². The molecule has 23 heavy (non-hydrogen) atoms. The number of methoxy groups -OCH3 is 2. The average molecular weight is 312 g/mol. The van der Waals surface area contributed by atoms with E-state index in [0.717, 1.165) is 11.4 Å². The fourth-order valence-corrected chi connectivity index (χ4v) is 2.08. The van der Waals surface area contributed by atoms with Gasteiger partial charge in [-0.15, -0.1) is 0 Å². The number of nitrogens with zero attached hydrogens (tertiary/aromatic N) is 1. The molecule has 5 nitrogen and oxygen atoms in total. The van der Waals surface area contributed by atoms with Gasteiger partial charge in [0, 0.05) is 41.5 Å².